The van der Waals surface area contributed by atoms with Gasteiger partial charge in [0.1, 0.15) is 11.6 Å². The smallest absolute Gasteiger partial charge is 0.251 e. The fourth-order valence-electron chi connectivity index (χ4n) is 4.12. The molecule has 1 N–H and O–H groups in total. The lowest BCUT2D eigenvalue weighted by Gasteiger charge is -2.36. The summed E-state index contributed by atoms with van der Waals surface area (Å²) in [6.45, 7) is 6.53. The lowest BCUT2D eigenvalue weighted by molar-refractivity contribution is -0.132. The van der Waals surface area contributed by atoms with Gasteiger partial charge < -0.3 is 15.1 Å². The summed E-state index contributed by atoms with van der Waals surface area (Å²) in [5, 5.41) is 3.05. The second kappa shape index (κ2) is 10.3. The highest BCUT2D eigenvalue weighted by Crippen LogP contribution is 2.21. The molecule has 2 aromatic carbocycles. The molecule has 33 heavy (non-hydrogen) atoms. The van der Waals surface area contributed by atoms with Crippen molar-refractivity contribution in [3.8, 4) is 0 Å². The Morgan fingerprint density at radius 1 is 0.909 bits per heavy atom. The van der Waals surface area contributed by atoms with Crippen LogP contribution in [0.15, 0.2) is 66.7 Å². The van der Waals surface area contributed by atoms with E-state index >= 15 is 0 Å². The average molecular weight is 444 g/mol. The summed E-state index contributed by atoms with van der Waals surface area (Å²) in [4.78, 5) is 38.9. The number of piperazine rings is 1. The Kier molecular flexibility index (Phi) is 6.98. The molecule has 0 bridgehead atoms. The Hall–Kier alpha value is -3.74. The zero-order valence-electron chi connectivity index (χ0n) is 19.1. The predicted octanol–water partition coefficient (Wildman–Crippen LogP) is 3.30. The van der Waals surface area contributed by atoms with Crippen molar-refractivity contribution in [2.24, 2.45) is 0 Å². The molecule has 0 saturated carbocycles. The van der Waals surface area contributed by atoms with Crippen molar-refractivity contribution in [1.29, 1.82) is 0 Å². The molecule has 4 rings (SSSR count). The van der Waals surface area contributed by atoms with E-state index in [4.69, 9.17) is 0 Å². The number of amides is 2. The molecule has 1 aromatic heterocycles. The number of hydrogen-bond donors (Lipinski definition) is 1. The van der Waals surface area contributed by atoms with Gasteiger partial charge >= 0.3 is 0 Å². The normalized spacial score (nSPS) is 14.6. The molecule has 1 aliphatic rings. The van der Waals surface area contributed by atoms with Gasteiger partial charge in [0.05, 0.1) is 12.5 Å². The molecule has 1 unspecified atom stereocenters. The molecular formula is C26H29N5O2. The van der Waals surface area contributed by atoms with Crippen LogP contribution in [0.4, 0.5) is 5.82 Å². The van der Waals surface area contributed by atoms with Crippen LogP contribution in [-0.2, 0) is 4.79 Å². The van der Waals surface area contributed by atoms with Gasteiger partial charge in [0.15, 0.2) is 0 Å². The van der Waals surface area contributed by atoms with Gasteiger partial charge in [0, 0.05) is 43.5 Å². The number of aromatic nitrogens is 2. The van der Waals surface area contributed by atoms with Gasteiger partial charge in [-0.15, -0.1) is 0 Å². The Morgan fingerprint density at radius 3 is 2.18 bits per heavy atom. The van der Waals surface area contributed by atoms with Crippen LogP contribution in [0.3, 0.4) is 0 Å². The minimum Gasteiger partial charge on any atom is -0.353 e. The number of carbonyl (C=O) groups is 2. The zero-order valence-corrected chi connectivity index (χ0v) is 19.1. The van der Waals surface area contributed by atoms with E-state index < -0.39 is 6.04 Å². The quantitative estimate of drug-likeness (QED) is 0.632. The third-order valence-corrected chi connectivity index (χ3v) is 5.83. The molecular weight excluding hydrogens is 414 g/mol. The average Bonchev–Trinajstić information content (AvgIpc) is 2.84. The highest BCUT2D eigenvalue weighted by atomic mass is 16.2. The van der Waals surface area contributed by atoms with Crippen LogP contribution in [0.2, 0.25) is 0 Å². The minimum atomic E-state index is -0.392. The Labute approximate surface area is 194 Å². The van der Waals surface area contributed by atoms with Gasteiger partial charge in [0.2, 0.25) is 5.91 Å². The van der Waals surface area contributed by atoms with Crippen LogP contribution >= 0.6 is 0 Å². The standard InChI is InChI=1S/C26H29N5O2/c1-19-17-24(28-20(2)27-19)30-13-15-31(16-14-30)25(32)18-23(21-9-5-3-6-10-21)29-26(33)22-11-7-4-8-12-22/h3-12,17,23H,13-16,18H2,1-2H3,(H,29,33). The first-order valence-electron chi connectivity index (χ1n) is 11.3. The van der Waals surface area contributed by atoms with Gasteiger partial charge in [-0.1, -0.05) is 48.5 Å². The number of nitrogens with zero attached hydrogens (tertiary/aromatic N) is 4. The maximum atomic E-state index is 13.2. The Bertz CT molecular complexity index is 1080. The maximum Gasteiger partial charge on any atom is 0.251 e. The highest BCUT2D eigenvalue weighted by Gasteiger charge is 2.26. The number of anilines is 1. The Morgan fingerprint density at radius 2 is 1.55 bits per heavy atom. The first kappa shape index (κ1) is 22.5. The number of hydrogen-bond acceptors (Lipinski definition) is 5. The van der Waals surface area contributed by atoms with Gasteiger partial charge in [0.25, 0.3) is 5.91 Å². The largest absolute Gasteiger partial charge is 0.353 e. The molecule has 1 saturated heterocycles. The molecule has 0 spiro atoms. The molecule has 2 amide bonds. The molecule has 1 atom stereocenters. The van der Waals surface area contributed by atoms with Gasteiger partial charge in [-0.2, -0.15) is 0 Å². The molecule has 1 fully saturated rings. The highest BCUT2D eigenvalue weighted by molar-refractivity contribution is 5.94. The molecule has 170 valence electrons. The van der Waals surface area contributed by atoms with Crippen LogP contribution in [0, 0.1) is 13.8 Å². The summed E-state index contributed by atoms with van der Waals surface area (Å²) in [6, 6.07) is 20.3. The minimum absolute atomic E-state index is 0.0342. The molecule has 3 aromatic rings. The predicted molar refractivity (Wildman–Crippen MR) is 128 cm³/mol. The SMILES string of the molecule is Cc1cc(N2CCN(C(=O)CC(NC(=O)c3ccccc3)c3ccccc3)CC2)nc(C)n1. The molecule has 1 aliphatic heterocycles. The van der Waals surface area contributed by atoms with Crippen LogP contribution in [0.25, 0.3) is 0 Å². The molecule has 0 radical (unpaired) electrons. The second-order valence-electron chi connectivity index (χ2n) is 8.29. The van der Waals surface area contributed by atoms with Crippen LogP contribution in [0.1, 0.15) is 39.9 Å². The number of carbonyl (C=O) groups excluding carboxylic acids is 2. The molecule has 7 nitrogen and oxygen atoms in total. The number of nitrogens with one attached hydrogen (secondary N) is 1. The monoisotopic (exact) mass is 443 g/mol. The summed E-state index contributed by atoms with van der Waals surface area (Å²) in [5.41, 5.74) is 2.44. The van der Waals surface area contributed by atoms with E-state index in [0.717, 1.165) is 22.9 Å². The van der Waals surface area contributed by atoms with Gasteiger partial charge in [-0.05, 0) is 31.5 Å². The molecule has 0 aliphatic carbocycles. The van der Waals surface area contributed by atoms with E-state index in [1.165, 1.54) is 0 Å². The number of aryl methyl sites for hydroxylation is 2. The number of benzene rings is 2. The van der Waals surface area contributed by atoms with E-state index in [9.17, 15) is 9.59 Å². The van der Waals surface area contributed by atoms with Crippen molar-refractivity contribution in [3.05, 3.63) is 89.4 Å². The third-order valence-electron chi connectivity index (χ3n) is 5.83. The fourth-order valence-corrected chi connectivity index (χ4v) is 4.12. The van der Waals surface area contributed by atoms with Crippen LogP contribution in [0.5, 0.6) is 0 Å². The second-order valence-corrected chi connectivity index (χ2v) is 8.29. The number of rotatable bonds is 6. The summed E-state index contributed by atoms with van der Waals surface area (Å²) < 4.78 is 0. The van der Waals surface area contributed by atoms with Crippen molar-refractivity contribution in [3.63, 3.8) is 0 Å². The summed E-state index contributed by atoms with van der Waals surface area (Å²) in [7, 11) is 0. The van der Waals surface area contributed by atoms with Crippen LogP contribution < -0.4 is 10.2 Å². The summed E-state index contributed by atoms with van der Waals surface area (Å²) >= 11 is 0. The lowest BCUT2D eigenvalue weighted by Crippen LogP contribution is -2.49. The van der Waals surface area contributed by atoms with E-state index in [-0.39, 0.29) is 18.2 Å². The first-order chi connectivity index (χ1) is 16.0. The van der Waals surface area contributed by atoms with Gasteiger partial charge in [-0.25, -0.2) is 9.97 Å². The van der Waals surface area contributed by atoms with Crippen molar-refractivity contribution in [2.45, 2.75) is 26.3 Å². The van der Waals surface area contributed by atoms with Gasteiger partial charge in [-0.3, -0.25) is 9.59 Å². The van der Waals surface area contributed by atoms with Crippen molar-refractivity contribution in [1.82, 2.24) is 20.2 Å². The maximum absolute atomic E-state index is 13.2. The zero-order chi connectivity index (χ0) is 23.2. The summed E-state index contributed by atoms with van der Waals surface area (Å²) in [6.07, 6.45) is 0.217. The fraction of sp³-hybridized carbons (Fsp3) is 0.308. The van der Waals surface area contributed by atoms with Crippen molar-refractivity contribution < 1.29 is 9.59 Å². The third kappa shape index (κ3) is 5.74. The first-order valence-corrected chi connectivity index (χ1v) is 11.3. The van der Waals surface area contributed by atoms with E-state index in [0.29, 0.717) is 31.7 Å². The molecule has 7 heteroatoms. The summed E-state index contributed by atoms with van der Waals surface area (Å²) in [5.74, 6) is 1.51. The Balaban J connectivity index is 1.41. The van der Waals surface area contributed by atoms with E-state index in [1.54, 1.807) is 12.1 Å². The molecule has 2 heterocycles. The van der Waals surface area contributed by atoms with Crippen molar-refractivity contribution in [2.75, 3.05) is 31.1 Å². The van der Waals surface area contributed by atoms with Crippen molar-refractivity contribution >= 4 is 17.6 Å². The van der Waals surface area contributed by atoms with E-state index in [1.807, 2.05) is 73.3 Å². The van der Waals surface area contributed by atoms with Crippen LogP contribution in [-0.4, -0.2) is 52.9 Å². The van der Waals surface area contributed by atoms with E-state index in [2.05, 4.69) is 20.2 Å². The lowest BCUT2D eigenvalue weighted by atomic mass is 10.0. The topological polar surface area (TPSA) is 78.4 Å².